The molecule has 1 fully saturated rings. The summed E-state index contributed by atoms with van der Waals surface area (Å²) in [6, 6.07) is 4.37. The fourth-order valence-electron chi connectivity index (χ4n) is 1.52. The van der Waals surface area contributed by atoms with Crippen LogP contribution in [0.2, 0.25) is 0 Å². The molecule has 0 aromatic heterocycles. The van der Waals surface area contributed by atoms with Crippen molar-refractivity contribution in [1.82, 2.24) is 0 Å². The van der Waals surface area contributed by atoms with Gasteiger partial charge in [0.2, 0.25) is 0 Å². The lowest BCUT2D eigenvalue weighted by molar-refractivity contribution is 0.0636. The molecule has 0 unspecified atom stereocenters. The van der Waals surface area contributed by atoms with Gasteiger partial charge < -0.3 is 9.47 Å². The smallest absolute Gasteiger partial charge is 0.412 e. The second-order valence-corrected chi connectivity index (χ2v) is 5.19. The number of carbonyl (C=O) groups excluding carboxylic acids is 1. The molecule has 1 N–H and O–H groups in total. The Morgan fingerprint density at radius 3 is 2.72 bits per heavy atom. The molecule has 18 heavy (non-hydrogen) atoms. The van der Waals surface area contributed by atoms with Crippen LogP contribution in [0.5, 0.6) is 0 Å². The van der Waals surface area contributed by atoms with Crippen molar-refractivity contribution in [3.8, 4) is 0 Å². The van der Waals surface area contributed by atoms with E-state index in [4.69, 9.17) is 9.47 Å². The Bertz CT molecular complexity index is 464. The molecule has 4 nitrogen and oxygen atoms in total. The Labute approximate surface area is 105 Å². The first-order chi connectivity index (χ1) is 8.35. The minimum Gasteiger partial charge on any atom is -0.444 e. The van der Waals surface area contributed by atoms with Crippen LogP contribution < -0.4 is 5.32 Å². The maximum absolute atomic E-state index is 13.4. The summed E-state index contributed by atoms with van der Waals surface area (Å²) in [6.07, 6.45) is -0.748. The van der Waals surface area contributed by atoms with Gasteiger partial charge in [0.05, 0.1) is 6.61 Å². The van der Waals surface area contributed by atoms with Crippen molar-refractivity contribution >= 4 is 11.8 Å². The molecule has 2 rings (SSSR count). The number of ether oxygens (including phenoxy) is 2. The first-order valence-corrected chi connectivity index (χ1v) is 5.76. The zero-order valence-electron chi connectivity index (χ0n) is 10.6. The quantitative estimate of drug-likeness (QED) is 0.823. The largest absolute Gasteiger partial charge is 0.444 e. The van der Waals surface area contributed by atoms with E-state index in [2.05, 4.69) is 5.32 Å². The van der Waals surface area contributed by atoms with E-state index in [1.807, 2.05) is 0 Å². The number of carbonyl (C=O) groups is 1. The van der Waals surface area contributed by atoms with Crippen LogP contribution in [-0.4, -0.2) is 18.3 Å². The summed E-state index contributed by atoms with van der Waals surface area (Å²) < 4.78 is 23.6. The van der Waals surface area contributed by atoms with E-state index < -0.39 is 11.7 Å². The minimum absolute atomic E-state index is 0.189. The van der Waals surface area contributed by atoms with E-state index in [1.54, 1.807) is 26.8 Å². The third-order valence-electron chi connectivity index (χ3n) is 2.32. The number of halogens is 1. The predicted molar refractivity (Wildman–Crippen MR) is 64.9 cm³/mol. The summed E-state index contributed by atoms with van der Waals surface area (Å²) >= 11 is 0. The summed E-state index contributed by atoms with van der Waals surface area (Å²) in [5.41, 5.74) is 0.395. The predicted octanol–water partition coefficient (Wildman–Crippen LogP) is 3.24. The Morgan fingerprint density at radius 1 is 1.50 bits per heavy atom. The van der Waals surface area contributed by atoms with E-state index in [9.17, 15) is 9.18 Å². The normalized spacial score (nSPS) is 18.3. The molecule has 1 saturated heterocycles. The maximum Gasteiger partial charge on any atom is 0.412 e. The Balaban J connectivity index is 2.05. The molecule has 0 spiro atoms. The van der Waals surface area contributed by atoms with Gasteiger partial charge in [-0.2, -0.15) is 0 Å². The number of nitrogens with one attached hydrogen (secondary N) is 1. The second kappa shape index (κ2) is 4.57. The van der Waals surface area contributed by atoms with Crippen LogP contribution in [0, 0.1) is 5.82 Å². The molecular formula is C13H16FNO3. The van der Waals surface area contributed by atoms with E-state index >= 15 is 0 Å². The van der Waals surface area contributed by atoms with Crippen LogP contribution in [0.25, 0.3) is 0 Å². The molecule has 0 bridgehead atoms. The summed E-state index contributed by atoms with van der Waals surface area (Å²) in [7, 11) is 0. The van der Waals surface area contributed by atoms with Crippen LogP contribution in [0.15, 0.2) is 18.2 Å². The lowest BCUT2D eigenvalue weighted by Crippen LogP contribution is -2.27. The molecule has 0 aliphatic carbocycles. The summed E-state index contributed by atoms with van der Waals surface area (Å²) in [6.45, 7) is 5.86. The molecule has 5 heteroatoms. The third kappa shape index (κ3) is 3.43. The molecule has 1 aromatic carbocycles. The highest BCUT2D eigenvalue weighted by atomic mass is 19.1. The van der Waals surface area contributed by atoms with Gasteiger partial charge in [0.25, 0.3) is 0 Å². The molecule has 1 aliphatic heterocycles. The molecule has 98 valence electrons. The number of amides is 1. The van der Waals surface area contributed by atoms with Crippen molar-refractivity contribution in [2.24, 2.45) is 0 Å². The van der Waals surface area contributed by atoms with Gasteiger partial charge in [-0.1, -0.05) is 0 Å². The van der Waals surface area contributed by atoms with Gasteiger partial charge in [0.15, 0.2) is 0 Å². The number of hydrogen-bond acceptors (Lipinski definition) is 3. The van der Waals surface area contributed by atoms with E-state index in [0.717, 1.165) is 0 Å². The molecule has 1 atom stereocenters. The van der Waals surface area contributed by atoms with Crippen molar-refractivity contribution in [2.75, 3.05) is 11.9 Å². The number of hydrogen-bond donors (Lipinski definition) is 1. The SMILES string of the molecule is CC(C)(C)OC(=O)Nc1ccc(F)c([C@@H]2CO2)c1. The van der Waals surface area contributed by atoms with Crippen molar-refractivity contribution in [3.05, 3.63) is 29.6 Å². The van der Waals surface area contributed by atoms with E-state index in [-0.39, 0.29) is 11.9 Å². The van der Waals surface area contributed by atoms with Gasteiger partial charge in [-0.25, -0.2) is 9.18 Å². The lowest BCUT2D eigenvalue weighted by atomic mass is 10.1. The Morgan fingerprint density at radius 2 is 2.17 bits per heavy atom. The average molecular weight is 253 g/mol. The molecule has 1 aromatic rings. The summed E-state index contributed by atoms with van der Waals surface area (Å²) in [5.74, 6) is -0.327. The zero-order valence-corrected chi connectivity index (χ0v) is 10.6. The number of benzene rings is 1. The first-order valence-electron chi connectivity index (χ1n) is 5.76. The van der Waals surface area contributed by atoms with Gasteiger partial charge in [-0.05, 0) is 39.0 Å². The highest BCUT2D eigenvalue weighted by Gasteiger charge is 2.28. The standard InChI is InChI=1S/C13H16FNO3/c1-13(2,3)18-12(16)15-8-4-5-10(14)9(6-8)11-7-17-11/h4-6,11H,7H2,1-3H3,(H,15,16)/t11-/m0/s1. The topological polar surface area (TPSA) is 50.9 Å². The molecule has 1 aliphatic rings. The second-order valence-electron chi connectivity index (χ2n) is 5.19. The highest BCUT2D eigenvalue weighted by molar-refractivity contribution is 5.85. The fourth-order valence-corrected chi connectivity index (χ4v) is 1.52. The van der Waals surface area contributed by atoms with Crippen LogP contribution in [0.1, 0.15) is 32.4 Å². The van der Waals surface area contributed by atoms with Gasteiger partial charge in [-0.15, -0.1) is 0 Å². The van der Waals surface area contributed by atoms with Crippen LogP contribution in [0.4, 0.5) is 14.9 Å². The first kappa shape index (κ1) is 12.8. The monoisotopic (exact) mass is 253 g/mol. The number of rotatable bonds is 2. The van der Waals surface area contributed by atoms with Gasteiger partial charge in [0.1, 0.15) is 17.5 Å². The fraction of sp³-hybridized carbons (Fsp3) is 0.462. The summed E-state index contributed by atoms with van der Waals surface area (Å²) in [5, 5.41) is 2.57. The lowest BCUT2D eigenvalue weighted by Gasteiger charge is -2.19. The average Bonchev–Trinajstić information content (AvgIpc) is 3.01. The molecular weight excluding hydrogens is 237 g/mol. The zero-order chi connectivity index (χ0) is 13.3. The van der Waals surface area contributed by atoms with Crippen molar-refractivity contribution in [1.29, 1.82) is 0 Å². The molecule has 1 heterocycles. The summed E-state index contributed by atoms with van der Waals surface area (Å²) in [4.78, 5) is 11.6. The van der Waals surface area contributed by atoms with E-state index in [1.165, 1.54) is 12.1 Å². The molecule has 1 amide bonds. The Kier molecular flexibility index (Phi) is 3.26. The van der Waals surface area contributed by atoms with Crippen molar-refractivity contribution < 1.29 is 18.7 Å². The van der Waals surface area contributed by atoms with Crippen molar-refractivity contribution in [2.45, 2.75) is 32.5 Å². The van der Waals surface area contributed by atoms with Crippen molar-refractivity contribution in [3.63, 3.8) is 0 Å². The minimum atomic E-state index is -0.563. The van der Waals surface area contributed by atoms with Gasteiger partial charge >= 0.3 is 6.09 Å². The maximum atomic E-state index is 13.4. The van der Waals surface area contributed by atoms with E-state index in [0.29, 0.717) is 17.9 Å². The van der Waals surface area contributed by atoms with Gasteiger partial charge in [0, 0.05) is 11.3 Å². The van der Waals surface area contributed by atoms with Crippen LogP contribution in [0.3, 0.4) is 0 Å². The highest BCUT2D eigenvalue weighted by Crippen LogP contribution is 2.33. The number of epoxide rings is 1. The third-order valence-corrected chi connectivity index (χ3v) is 2.32. The Hall–Kier alpha value is -1.62. The number of anilines is 1. The van der Waals surface area contributed by atoms with Gasteiger partial charge in [-0.3, -0.25) is 5.32 Å². The molecule has 0 saturated carbocycles. The van der Waals surface area contributed by atoms with Crippen LogP contribution >= 0.6 is 0 Å². The van der Waals surface area contributed by atoms with Crippen LogP contribution in [-0.2, 0) is 9.47 Å². The molecule has 0 radical (unpaired) electrons.